The Balaban J connectivity index is 0.913. The standard InChI is InChI=1S/C68H70F2N10O8/c1-9-53(73-7)63(83)75-55(65(85)79-39-67(3,4)59-57(79)35-45(61(81)77-59)29-41-15-21-49(69)22-16-41)33-43-19-25-51(31-47(43)37-71)87-27-13-11-12-14-28-88-52-26-20-44(48(32-52)38-72)34-56(76-64(84)54(10-2)74-8)66(86)80-40-68(5,6)60-58(80)36-46(62(82)78-60)30-42-17-23-50(70)24-18-42/h15-26,31-32,35-36,53-56,73-74H,9-10,27-30,33-34,39-40H2,1-8H3,(H,75,83)(H,76,84)(H,77,81)(H,78,82)/t53-,54-,55-,56-/m0/s1. The number of aromatic nitrogens is 2. The molecule has 4 aromatic carbocycles. The Bertz CT molecular complexity index is 3710. The van der Waals surface area contributed by atoms with Crippen LogP contribution in [0.15, 0.2) is 107 Å². The van der Waals surface area contributed by atoms with Crippen molar-refractivity contribution < 1.29 is 37.4 Å². The van der Waals surface area contributed by atoms with E-state index in [2.05, 4.69) is 67.1 Å². The molecule has 2 aliphatic heterocycles. The molecule has 0 bridgehead atoms. The van der Waals surface area contributed by atoms with Gasteiger partial charge in [0.05, 0.1) is 46.7 Å². The lowest BCUT2D eigenvalue weighted by Crippen LogP contribution is -2.54. The molecule has 0 unspecified atom stereocenters. The maximum atomic E-state index is 14.8. The number of ether oxygens (including phenoxy) is 2. The second-order valence-corrected chi connectivity index (χ2v) is 23.1. The van der Waals surface area contributed by atoms with Crippen molar-refractivity contribution in [1.82, 2.24) is 31.2 Å². The third-order valence-corrected chi connectivity index (χ3v) is 15.9. The number of pyridine rings is 2. The van der Waals surface area contributed by atoms with Gasteiger partial charge in [-0.2, -0.15) is 10.5 Å². The van der Waals surface area contributed by atoms with Crippen LogP contribution in [0.1, 0.15) is 110 Å². The van der Waals surface area contributed by atoms with Gasteiger partial charge in [0.1, 0.15) is 48.4 Å². The Kier molecular flexibility index (Phi) is 20.5. The van der Waals surface area contributed by atoms with E-state index >= 15 is 0 Å². The van der Waals surface area contributed by atoms with Crippen LogP contribution in [0.5, 0.6) is 11.5 Å². The summed E-state index contributed by atoms with van der Waals surface area (Å²) in [5.74, 6) is 9.17. The molecule has 0 spiro atoms. The quantitative estimate of drug-likeness (QED) is 0.0402. The molecule has 4 heterocycles. The Labute approximate surface area is 510 Å². The summed E-state index contributed by atoms with van der Waals surface area (Å²) in [5, 5.41) is 32.5. The zero-order valence-corrected chi connectivity index (χ0v) is 50.4. The highest BCUT2D eigenvalue weighted by molar-refractivity contribution is 6.03. The molecule has 0 aliphatic carbocycles. The minimum atomic E-state index is -1.13. The summed E-state index contributed by atoms with van der Waals surface area (Å²) in [7, 11) is 3.30. The van der Waals surface area contributed by atoms with E-state index in [1.165, 1.54) is 36.4 Å². The van der Waals surface area contributed by atoms with E-state index < -0.39 is 70.3 Å². The third-order valence-electron chi connectivity index (χ3n) is 15.9. The molecule has 0 radical (unpaired) electrons. The van der Waals surface area contributed by atoms with Crippen LogP contribution in [0.25, 0.3) is 0 Å². The minimum Gasteiger partial charge on any atom is -0.481 e. The van der Waals surface area contributed by atoms with Crippen molar-refractivity contribution in [1.29, 1.82) is 10.5 Å². The molecule has 6 N–H and O–H groups in total. The zero-order chi connectivity index (χ0) is 63.5. The van der Waals surface area contributed by atoms with Gasteiger partial charge in [0.2, 0.25) is 23.6 Å². The van der Waals surface area contributed by atoms with Crippen LogP contribution in [0.3, 0.4) is 0 Å². The van der Waals surface area contributed by atoms with Gasteiger partial charge < -0.3 is 50.5 Å². The Morgan fingerprint density at radius 2 is 0.943 bits per heavy atom. The third kappa shape index (κ3) is 15.0. The number of fused-ring (bicyclic) bond motifs is 2. The molecule has 4 amide bonds. The fourth-order valence-corrected chi connectivity index (χ4v) is 11.1. The molecule has 0 saturated heterocycles. The first-order valence-corrected chi connectivity index (χ1v) is 29.0. The van der Waals surface area contributed by atoms with Crippen LogP contribution in [-0.4, -0.2) is 98.2 Å². The van der Waals surface area contributed by atoms with Crippen molar-refractivity contribution >= 4 is 35.0 Å². The predicted molar refractivity (Wildman–Crippen MR) is 330 cm³/mol. The summed E-state index contributed by atoms with van der Waals surface area (Å²) in [6, 6.07) is 25.5. The minimum absolute atomic E-state index is 0.0494. The first kappa shape index (κ1) is 64.1. The number of likely N-dealkylation sites (N-methyl/N-ethyl adjacent to an activating group) is 2. The Morgan fingerprint density at radius 1 is 0.568 bits per heavy atom. The molecular weight excluding hydrogens is 1120 g/mol. The molecule has 88 heavy (non-hydrogen) atoms. The molecule has 8 rings (SSSR count). The number of nitriles is 2. The fourth-order valence-electron chi connectivity index (χ4n) is 11.1. The van der Waals surface area contributed by atoms with Crippen LogP contribution in [0, 0.1) is 58.0 Å². The number of amides is 4. The summed E-state index contributed by atoms with van der Waals surface area (Å²) < 4.78 is 39.1. The van der Waals surface area contributed by atoms with Crippen LogP contribution >= 0.6 is 0 Å². The van der Waals surface area contributed by atoms with Crippen LogP contribution in [0.2, 0.25) is 0 Å². The van der Waals surface area contributed by atoms with Gasteiger partial charge in [-0.3, -0.25) is 28.8 Å². The van der Waals surface area contributed by atoms with E-state index in [-0.39, 0.29) is 74.2 Å². The van der Waals surface area contributed by atoms with Gasteiger partial charge in [-0.15, -0.1) is 0 Å². The van der Waals surface area contributed by atoms with E-state index in [1.807, 2.05) is 41.5 Å². The average molecular weight is 1190 g/mol. The molecule has 4 atom stereocenters. The number of H-pyrrole nitrogens is 2. The highest BCUT2D eigenvalue weighted by Crippen LogP contribution is 2.41. The van der Waals surface area contributed by atoms with Crippen molar-refractivity contribution in [2.75, 3.05) is 50.2 Å². The van der Waals surface area contributed by atoms with Gasteiger partial charge in [0, 0.05) is 72.1 Å². The smallest absolute Gasteiger partial charge is 0.251 e. The van der Waals surface area contributed by atoms with Gasteiger partial charge in [0.15, 0.2) is 0 Å². The molecule has 6 aromatic rings. The molecular formula is C68H70F2N10O8. The summed E-state index contributed by atoms with van der Waals surface area (Å²) >= 11 is 0. The van der Waals surface area contributed by atoms with Gasteiger partial charge in [-0.1, -0.05) is 77.9 Å². The molecule has 20 heteroatoms. The number of carbonyl (C=O) groups is 4. The van der Waals surface area contributed by atoms with Crippen molar-refractivity contribution in [3.63, 3.8) is 0 Å². The summed E-state index contributed by atoms with van der Waals surface area (Å²) in [6.07, 6.45) is 1.17. The summed E-state index contributed by atoms with van der Waals surface area (Å²) in [6.45, 7) is 11.5. The van der Waals surface area contributed by atoms with Gasteiger partial charge in [-0.05, 0) is 134 Å². The average Bonchev–Trinajstić information content (AvgIpc) is 2.55. The van der Waals surface area contributed by atoms with E-state index in [0.717, 1.165) is 0 Å². The highest BCUT2D eigenvalue weighted by Gasteiger charge is 2.44. The second-order valence-electron chi connectivity index (χ2n) is 23.1. The Hall–Kier alpha value is -9.86. The molecule has 0 fully saturated rings. The summed E-state index contributed by atoms with van der Waals surface area (Å²) in [4.78, 5) is 92.6. The number of anilines is 2. The summed E-state index contributed by atoms with van der Waals surface area (Å²) in [5.41, 5.74) is 3.63. The van der Waals surface area contributed by atoms with Gasteiger partial charge in [-0.25, -0.2) is 8.78 Å². The van der Waals surface area contributed by atoms with Crippen molar-refractivity contribution in [3.8, 4) is 47.3 Å². The van der Waals surface area contributed by atoms with Crippen molar-refractivity contribution in [2.45, 2.75) is 115 Å². The van der Waals surface area contributed by atoms with Crippen LogP contribution in [-0.2, 0) is 55.7 Å². The normalized spacial score (nSPS) is 14.6. The first-order valence-electron chi connectivity index (χ1n) is 29.0. The number of hydrogen-bond acceptors (Lipinski definition) is 12. The topological polar surface area (TPSA) is 255 Å². The van der Waals surface area contributed by atoms with Crippen LogP contribution < -0.4 is 51.7 Å². The number of aromatic amines is 2. The maximum absolute atomic E-state index is 14.8. The monoisotopic (exact) mass is 1190 g/mol. The first-order chi connectivity index (χ1) is 42.1. The fraction of sp³-hybridized carbons (Fsp3) is 0.353. The Morgan fingerprint density at radius 3 is 1.28 bits per heavy atom. The van der Waals surface area contributed by atoms with E-state index in [9.17, 15) is 48.1 Å². The number of nitrogens with zero attached hydrogens (tertiary/aromatic N) is 4. The lowest BCUT2D eigenvalue weighted by molar-refractivity contribution is -0.128. The van der Waals surface area contributed by atoms with E-state index in [0.29, 0.717) is 80.5 Å². The largest absolute Gasteiger partial charge is 0.481 e. The second kappa shape index (κ2) is 28.1. The van der Waals surface area contributed by atoms with Crippen molar-refractivity contribution in [3.05, 3.63) is 185 Å². The maximum Gasteiger partial charge on any atom is 0.251 e. The van der Waals surface area contributed by atoms with Crippen molar-refractivity contribution in [2.24, 2.45) is 0 Å². The number of carbonyl (C=O) groups excluding carboxylic acids is 4. The number of benzene rings is 4. The zero-order valence-electron chi connectivity index (χ0n) is 50.4. The molecule has 454 valence electrons. The lowest BCUT2D eigenvalue weighted by atomic mass is 9.91. The van der Waals surface area contributed by atoms with Gasteiger partial charge >= 0.3 is 0 Å². The predicted octanol–water partition coefficient (Wildman–Crippen LogP) is 6.43. The van der Waals surface area contributed by atoms with E-state index in [4.69, 9.17) is 9.47 Å². The van der Waals surface area contributed by atoms with Crippen LogP contribution in [0.4, 0.5) is 20.2 Å². The molecule has 18 nitrogen and oxygen atoms in total. The number of rotatable bonds is 22. The van der Waals surface area contributed by atoms with Gasteiger partial charge in [0.25, 0.3) is 11.1 Å². The molecule has 2 aromatic heterocycles. The number of hydrogen-bond donors (Lipinski definition) is 6. The number of nitrogens with one attached hydrogen (secondary N) is 6. The SMILES string of the molecule is CC[C@H](NC)C(=O)N[C@@H](Cc1ccc(OCC#CC#CCOc2ccc(C[C@H](NC(=O)[C@H](CC)NC)C(=O)N3CC(C)(C)c4[nH]c(=O)c(Cc5ccc(F)cc5)cc43)c(C#N)c2)cc1C#N)C(=O)N1CC(C)(C)c2[nH]c(=O)c(Cc3ccc(F)cc3)cc21. The lowest BCUT2D eigenvalue weighted by Gasteiger charge is -2.28. The molecule has 2 aliphatic rings. The highest BCUT2D eigenvalue weighted by atomic mass is 19.1. The molecule has 0 saturated carbocycles. The number of halogens is 2. The van der Waals surface area contributed by atoms with E-state index in [1.54, 1.807) is 84.6 Å².